The van der Waals surface area contributed by atoms with Crippen LogP contribution in [0.3, 0.4) is 0 Å². The Kier molecular flexibility index (Phi) is 16.5. The second kappa shape index (κ2) is 21.7. The fourth-order valence-corrected chi connectivity index (χ4v) is 7.77. The van der Waals surface area contributed by atoms with Crippen molar-refractivity contribution in [2.24, 2.45) is 5.92 Å². The molecular weight excluding hydrogens is 883 g/mol. The number of pyridine rings is 1. The number of nitrogens with one attached hydrogen (secondary N) is 4. The van der Waals surface area contributed by atoms with E-state index < -0.39 is 105 Å². The highest BCUT2D eigenvalue weighted by Gasteiger charge is 2.63. The van der Waals surface area contributed by atoms with Crippen LogP contribution in [0.25, 0.3) is 10.9 Å². The number of ether oxygens (including phenoxy) is 3. The van der Waals surface area contributed by atoms with Crippen LogP contribution in [0, 0.1) is 5.92 Å². The normalized spacial score (nSPS) is 17.4. The second-order valence-electron chi connectivity index (χ2n) is 18.5. The van der Waals surface area contributed by atoms with Gasteiger partial charge in [-0.15, -0.1) is 0 Å². The molecule has 67 heavy (non-hydrogen) atoms. The molecule has 1 fully saturated rings. The number of rotatable bonds is 19. The van der Waals surface area contributed by atoms with Crippen LogP contribution in [-0.2, 0) is 54.9 Å². The van der Waals surface area contributed by atoms with E-state index in [2.05, 4.69) is 21.3 Å². The van der Waals surface area contributed by atoms with Crippen LogP contribution in [0.4, 0.5) is 4.79 Å². The number of hydrogen-bond acceptors (Lipinski definition) is 13. The molecule has 1 heterocycles. The predicted molar refractivity (Wildman–Crippen MR) is 248 cm³/mol. The zero-order chi connectivity index (χ0) is 49.2. The second-order valence-corrected chi connectivity index (χ2v) is 19.9. The summed E-state index contributed by atoms with van der Waals surface area (Å²) in [5.41, 5.74) is -1.87. The number of hydrogen-bond donors (Lipinski definition) is 4. The topological polar surface area (TPSA) is 234 Å². The first kappa shape index (κ1) is 51.2. The quantitative estimate of drug-likeness (QED) is 0.0489. The van der Waals surface area contributed by atoms with Gasteiger partial charge in [-0.2, -0.15) is 8.42 Å². The first-order valence-corrected chi connectivity index (χ1v) is 23.3. The van der Waals surface area contributed by atoms with Crippen LogP contribution in [0.5, 0.6) is 5.75 Å². The number of nitrogens with zero attached hydrogens (tertiary/aromatic N) is 1. The van der Waals surface area contributed by atoms with E-state index in [0.717, 1.165) is 11.5 Å². The number of alkyl carbamates (subject to hydrolysis) is 1. The molecule has 17 nitrogen and oxygen atoms in total. The van der Waals surface area contributed by atoms with Gasteiger partial charge in [-0.1, -0.05) is 86.6 Å². The van der Waals surface area contributed by atoms with Gasteiger partial charge < -0.3 is 39.7 Å². The van der Waals surface area contributed by atoms with E-state index in [1.165, 1.54) is 12.1 Å². The molecule has 1 aromatic heterocycles. The summed E-state index contributed by atoms with van der Waals surface area (Å²) in [5.74, 6) is -5.40. The lowest BCUT2D eigenvalue weighted by molar-refractivity contribution is -0.157. The van der Waals surface area contributed by atoms with E-state index in [0.29, 0.717) is 22.2 Å². The molecule has 0 bridgehead atoms. The van der Waals surface area contributed by atoms with Crippen molar-refractivity contribution < 1.29 is 55.6 Å². The van der Waals surface area contributed by atoms with Crippen molar-refractivity contribution in [1.29, 1.82) is 0 Å². The molecule has 3 aromatic carbocycles. The van der Waals surface area contributed by atoms with Crippen molar-refractivity contribution in [3.8, 4) is 5.75 Å². The molecule has 4 amide bonds. The van der Waals surface area contributed by atoms with Gasteiger partial charge in [0.2, 0.25) is 17.7 Å². The first-order chi connectivity index (χ1) is 31.4. The highest BCUT2D eigenvalue weighted by Crippen LogP contribution is 2.51. The molecule has 4 aromatic rings. The van der Waals surface area contributed by atoms with Crippen LogP contribution in [-0.4, -0.2) is 84.0 Å². The molecule has 0 saturated heterocycles. The van der Waals surface area contributed by atoms with Gasteiger partial charge in [-0.25, -0.2) is 4.79 Å². The van der Waals surface area contributed by atoms with Gasteiger partial charge in [0.15, 0.2) is 0 Å². The monoisotopic (exact) mass is 941 g/mol. The third-order valence-electron chi connectivity index (χ3n) is 10.1. The van der Waals surface area contributed by atoms with Crippen LogP contribution in [0.1, 0.15) is 91.8 Å². The SMILES string of the molecule is CC(C)[C@H](NC(=O)[C@@]1(NC(=O)[C@H](CC(=O)OC(C)(C)C)NC(=O)OCc2ccccc2)CC1c1ccc2ccccc2n1)C(=O)N[C@H](/C=C/S(=O)(=O)Oc1ccccc1)CC(=O)OC(C)(C)C. The number of fused-ring (bicyclic) bond motifs is 1. The van der Waals surface area contributed by atoms with Crippen LogP contribution in [0.2, 0.25) is 0 Å². The van der Waals surface area contributed by atoms with Crippen molar-refractivity contribution in [3.63, 3.8) is 0 Å². The van der Waals surface area contributed by atoms with Crippen molar-refractivity contribution in [1.82, 2.24) is 26.3 Å². The summed E-state index contributed by atoms with van der Waals surface area (Å²) in [5, 5.41) is 12.2. The van der Waals surface area contributed by atoms with Gasteiger partial charge in [0, 0.05) is 17.0 Å². The summed E-state index contributed by atoms with van der Waals surface area (Å²) in [7, 11) is -4.37. The lowest BCUT2D eigenvalue weighted by Crippen LogP contribution is -2.60. The van der Waals surface area contributed by atoms with E-state index in [1.54, 1.807) is 122 Å². The van der Waals surface area contributed by atoms with Gasteiger partial charge in [0.1, 0.15) is 41.2 Å². The average Bonchev–Trinajstić information content (AvgIpc) is 3.97. The maximum Gasteiger partial charge on any atom is 0.408 e. The molecule has 5 atom stereocenters. The van der Waals surface area contributed by atoms with E-state index in [1.807, 2.05) is 18.2 Å². The molecule has 5 rings (SSSR count). The van der Waals surface area contributed by atoms with Crippen molar-refractivity contribution in [3.05, 3.63) is 120 Å². The van der Waals surface area contributed by atoms with Crippen molar-refractivity contribution >= 4 is 56.8 Å². The molecule has 358 valence electrons. The Morgan fingerprint density at radius 1 is 0.746 bits per heavy atom. The van der Waals surface area contributed by atoms with Gasteiger partial charge in [-0.3, -0.25) is 29.0 Å². The van der Waals surface area contributed by atoms with Gasteiger partial charge >= 0.3 is 28.1 Å². The Morgan fingerprint density at radius 3 is 1.97 bits per heavy atom. The van der Waals surface area contributed by atoms with Crippen LogP contribution < -0.4 is 25.5 Å². The molecule has 0 radical (unpaired) electrons. The number of carbonyl (C=O) groups excluding carboxylic acids is 6. The highest BCUT2D eigenvalue weighted by atomic mass is 32.2. The summed E-state index contributed by atoms with van der Waals surface area (Å²) in [6, 6.07) is 23.2. The number of carbonyl (C=O) groups is 6. The Hall–Kier alpha value is -6.82. The number of esters is 2. The van der Waals surface area contributed by atoms with Gasteiger partial charge in [-0.05, 0) is 89.8 Å². The molecule has 0 spiro atoms. The van der Waals surface area contributed by atoms with Crippen molar-refractivity contribution in [2.75, 3.05) is 0 Å². The predicted octanol–water partition coefficient (Wildman–Crippen LogP) is 5.88. The largest absolute Gasteiger partial charge is 0.460 e. The number of para-hydroxylation sites is 2. The fraction of sp³-hybridized carbons (Fsp3) is 0.408. The zero-order valence-corrected chi connectivity index (χ0v) is 39.7. The number of aromatic nitrogens is 1. The molecule has 1 unspecified atom stereocenters. The number of amides is 4. The zero-order valence-electron chi connectivity index (χ0n) is 38.9. The van der Waals surface area contributed by atoms with Crippen LogP contribution >= 0.6 is 0 Å². The summed E-state index contributed by atoms with van der Waals surface area (Å²) >= 11 is 0. The minimum Gasteiger partial charge on any atom is -0.460 e. The molecular formula is C49H59N5O12S. The van der Waals surface area contributed by atoms with Crippen LogP contribution in [0.15, 0.2) is 109 Å². The fourth-order valence-electron chi connectivity index (χ4n) is 6.95. The average molecular weight is 942 g/mol. The Bertz CT molecular complexity index is 2560. The minimum atomic E-state index is -4.37. The van der Waals surface area contributed by atoms with E-state index in [9.17, 15) is 37.2 Å². The molecule has 1 aliphatic rings. The standard InChI is InChI=1S/C49H59N5O12S/c1-31(2)42(44(58)50-34(27-40(55)64-47(3,4)5)25-26-67(61,62)66-35-20-13-10-14-21-35)53-45(59)49(29-36(49)38-24-23-33-19-15-16-22-37(33)51-38)54-43(57)39(28-41(56)65-48(6,7)8)52-46(60)63-30-32-17-11-9-12-18-32/h9-26,31,34,36,39,42H,27-30H2,1-8H3,(H,50,58)(H,52,60)(H,53,59)(H,54,57)/b26-25+/t34-,36?,39+,42+,49-/m1/s1. The third kappa shape index (κ3) is 15.7. The molecule has 0 aliphatic heterocycles. The molecule has 4 N–H and O–H groups in total. The molecule has 1 saturated carbocycles. The van der Waals surface area contributed by atoms with E-state index >= 15 is 0 Å². The van der Waals surface area contributed by atoms with Crippen molar-refractivity contribution in [2.45, 2.75) is 122 Å². The third-order valence-corrected chi connectivity index (χ3v) is 11.0. The highest BCUT2D eigenvalue weighted by molar-refractivity contribution is 7.90. The maximum atomic E-state index is 14.8. The minimum absolute atomic E-state index is 0.00321. The Balaban J connectivity index is 1.43. The lowest BCUT2D eigenvalue weighted by atomic mass is 10.0. The van der Waals surface area contributed by atoms with Gasteiger partial charge in [0.05, 0.1) is 29.8 Å². The smallest absolute Gasteiger partial charge is 0.408 e. The van der Waals surface area contributed by atoms with Gasteiger partial charge in [0.25, 0.3) is 0 Å². The Morgan fingerprint density at radius 2 is 1.34 bits per heavy atom. The van der Waals surface area contributed by atoms with E-state index in [4.69, 9.17) is 23.4 Å². The summed E-state index contributed by atoms with van der Waals surface area (Å²) in [4.78, 5) is 87.5. The molecule has 1 aliphatic carbocycles. The summed E-state index contributed by atoms with van der Waals surface area (Å²) < 4.78 is 47.4. The lowest BCUT2D eigenvalue weighted by Gasteiger charge is -2.29. The first-order valence-electron chi connectivity index (χ1n) is 21.8. The molecule has 18 heteroatoms. The summed E-state index contributed by atoms with van der Waals surface area (Å²) in [6.45, 7) is 13.1. The Labute approximate surface area is 390 Å². The number of benzene rings is 3. The maximum absolute atomic E-state index is 14.8. The van der Waals surface area contributed by atoms with E-state index in [-0.39, 0.29) is 18.8 Å². The summed E-state index contributed by atoms with van der Waals surface area (Å²) in [6.07, 6.45) is -1.06.